The molecule has 25 heavy (non-hydrogen) atoms. The predicted octanol–water partition coefficient (Wildman–Crippen LogP) is 4.12. The standard InChI is InChI=1S/C20H23FN2O2/c1-14(24)20-18(21)7-4-8-19(20)23-11-9-15(10-12-23)22-16-5-3-6-17(13-16)25-2/h3-8,13,15,22H,9-12H2,1-2H3. The van der Waals surface area contributed by atoms with E-state index in [-0.39, 0.29) is 11.3 Å². The number of carbonyl (C=O) groups excluding carboxylic acids is 1. The first kappa shape index (κ1) is 17.3. The average molecular weight is 342 g/mol. The monoisotopic (exact) mass is 342 g/mol. The van der Waals surface area contributed by atoms with E-state index in [9.17, 15) is 9.18 Å². The molecule has 0 saturated carbocycles. The Morgan fingerprint density at radius 3 is 2.60 bits per heavy atom. The molecule has 1 aliphatic heterocycles. The lowest BCUT2D eigenvalue weighted by Crippen LogP contribution is -2.39. The summed E-state index contributed by atoms with van der Waals surface area (Å²) in [6.45, 7) is 2.98. The smallest absolute Gasteiger partial charge is 0.164 e. The first-order valence-electron chi connectivity index (χ1n) is 8.53. The van der Waals surface area contributed by atoms with Gasteiger partial charge in [0.05, 0.1) is 18.4 Å². The molecule has 1 fully saturated rings. The largest absolute Gasteiger partial charge is 0.497 e. The second-order valence-corrected chi connectivity index (χ2v) is 6.33. The van der Waals surface area contributed by atoms with Crippen LogP contribution in [0.5, 0.6) is 5.75 Å². The molecule has 0 aromatic heterocycles. The summed E-state index contributed by atoms with van der Waals surface area (Å²) in [6, 6.07) is 13.1. The minimum atomic E-state index is -0.443. The van der Waals surface area contributed by atoms with E-state index in [0.29, 0.717) is 11.7 Å². The number of rotatable bonds is 5. The summed E-state index contributed by atoms with van der Waals surface area (Å²) >= 11 is 0. The molecule has 132 valence electrons. The highest BCUT2D eigenvalue weighted by Crippen LogP contribution is 2.28. The van der Waals surface area contributed by atoms with Gasteiger partial charge in [-0.2, -0.15) is 0 Å². The molecule has 1 saturated heterocycles. The Hall–Kier alpha value is -2.56. The van der Waals surface area contributed by atoms with Gasteiger partial charge in [0.25, 0.3) is 0 Å². The van der Waals surface area contributed by atoms with Gasteiger partial charge in [0.1, 0.15) is 11.6 Å². The maximum absolute atomic E-state index is 14.0. The molecule has 0 unspecified atom stereocenters. The number of piperidine rings is 1. The molecule has 2 aromatic carbocycles. The van der Waals surface area contributed by atoms with Gasteiger partial charge in [0.2, 0.25) is 0 Å². The van der Waals surface area contributed by atoms with E-state index < -0.39 is 5.82 Å². The number of anilines is 2. The number of Topliss-reactive ketones (excluding diaryl/α,β-unsaturated/α-hetero) is 1. The molecule has 0 bridgehead atoms. The fourth-order valence-electron chi connectivity index (χ4n) is 3.34. The molecule has 0 amide bonds. The number of hydrogen-bond donors (Lipinski definition) is 1. The van der Waals surface area contributed by atoms with E-state index in [1.165, 1.54) is 13.0 Å². The van der Waals surface area contributed by atoms with E-state index in [1.807, 2.05) is 30.3 Å². The molecule has 1 aliphatic rings. The molecule has 0 radical (unpaired) electrons. The molecule has 0 atom stereocenters. The van der Waals surface area contributed by atoms with Gasteiger partial charge in [-0.25, -0.2) is 4.39 Å². The number of nitrogens with one attached hydrogen (secondary N) is 1. The van der Waals surface area contributed by atoms with Crippen molar-refractivity contribution in [2.45, 2.75) is 25.8 Å². The lowest BCUT2D eigenvalue weighted by molar-refractivity contribution is 0.101. The molecule has 0 spiro atoms. The van der Waals surface area contributed by atoms with E-state index in [0.717, 1.165) is 37.4 Å². The van der Waals surface area contributed by atoms with Gasteiger partial charge in [0.15, 0.2) is 5.78 Å². The van der Waals surface area contributed by atoms with Crippen LogP contribution in [0.25, 0.3) is 0 Å². The summed E-state index contributed by atoms with van der Waals surface area (Å²) in [5.41, 5.74) is 1.93. The van der Waals surface area contributed by atoms with Crippen molar-refractivity contribution < 1.29 is 13.9 Å². The van der Waals surface area contributed by atoms with Crippen LogP contribution >= 0.6 is 0 Å². The molecule has 2 aromatic rings. The first-order chi connectivity index (χ1) is 12.1. The molecule has 0 aliphatic carbocycles. The number of halogens is 1. The van der Waals surface area contributed by atoms with E-state index in [4.69, 9.17) is 4.74 Å². The van der Waals surface area contributed by atoms with Gasteiger partial charge in [-0.3, -0.25) is 4.79 Å². The van der Waals surface area contributed by atoms with Crippen molar-refractivity contribution in [1.82, 2.24) is 0 Å². The third kappa shape index (κ3) is 3.92. The number of carbonyl (C=O) groups is 1. The zero-order valence-corrected chi connectivity index (χ0v) is 14.6. The fourth-order valence-corrected chi connectivity index (χ4v) is 3.34. The van der Waals surface area contributed by atoms with Gasteiger partial charge in [-0.15, -0.1) is 0 Å². The van der Waals surface area contributed by atoms with Crippen LogP contribution in [0.1, 0.15) is 30.1 Å². The molecule has 1 N–H and O–H groups in total. The number of nitrogens with zero attached hydrogens (tertiary/aromatic N) is 1. The fraction of sp³-hybridized carbons (Fsp3) is 0.350. The number of ether oxygens (including phenoxy) is 1. The van der Waals surface area contributed by atoms with Gasteiger partial charge in [0, 0.05) is 30.9 Å². The summed E-state index contributed by atoms with van der Waals surface area (Å²) in [5.74, 6) is 0.152. The highest BCUT2D eigenvalue weighted by molar-refractivity contribution is 6.00. The molecule has 4 nitrogen and oxygen atoms in total. The zero-order chi connectivity index (χ0) is 17.8. The SMILES string of the molecule is COc1cccc(NC2CCN(c3cccc(F)c3C(C)=O)CC2)c1. The molecule has 5 heteroatoms. The minimum absolute atomic E-state index is 0.196. The minimum Gasteiger partial charge on any atom is -0.497 e. The summed E-state index contributed by atoms with van der Waals surface area (Å²) in [7, 11) is 1.66. The van der Waals surface area contributed by atoms with Crippen molar-refractivity contribution in [2.24, 2.45) is 0 Å². The van der Waals surface area contributed by atoms with E-state index in [1.54, 1.807) is 13.2 Å². The highest BCUT2D eigenvalue weighted by atomic mass is 19.1. The quantitative estimate of drug-likeness (QED) is 0.830. The van der Waals surface area contributed by atoms with Crippen molar-refractivity contribution in [3.8, 4) is 5.75 Å². The third-order valence-corrected chi connectivity index (χ3v) is 4.62. The van der Waals surface area contributed by atoms with Crippen molar-refractivity contribution in [1.29, 1.82) is 0 Å². The molecular weight excluding hydrogens is 319 g/mol. The van der Waals surface area contributed by atoms with Crippen LogP contribution in [-0.2, 0) is 0 Å². The van der Waals surface area contributed by atoms with Crippen LogP contribution in [0, 0.1) is 5.82 Å². The van der Waals surface area contributed by atoms with Crippen LogP contribution in [0.2, 0.25) is 0 Å². The van der Waals surface area contributed by atoms with Gasteiger partial charge >= 0.3 is 0 Å². The maximum Gasteiger partial charge on any atom is 0.164 e. The Labute approximate surface area is 147 Å². The lowest BCUT2D eigenvalue weighted by Gasteiger charge is -2.35. The Morgan fingerprint density at radius 1 is 1.20 bits per heavy atom. The topological polar surface area (TPSA) is 41.6 Å². The summed E-state index contributed by atoms with van der Waals surface area (Å²) in [5, 5.41) is 3.53. The van der Waals surface area contributed by atoms with Gasteiger partial charge in [-0.1, -0.05) is 12.1 Å². The molecular formula is C20H23FN2O2. The van der Waals surface area contributed by atoms with Crippen LogP contribution in [0.4, 0.5) is 15.8 Å². The van der Waals surface area contributed by atoms with Crippen molar-refractivity contribution in [2.75, 3.05) is 30.4 Å². The molecule has 1 heterocycles. The Morgan fingerprint density at radius 2 is 1.92 bits per heavy atom. The van der Waals surface area contributed by atoms with Crippen LogP contribution in [0.3, 0.4) is 0 Å². The van der Waals surface area contributed by atoms with Crippen molar-refractivity contribution >= 4 is 17.2 Å². The Kier molecular flexibility index (Phi) is 5.22. The summed E-state index contributed by atoms with van der Waals surface area (Å²) in [6.07, 6.45) is 1.84. The van der Waals surface area contributed by atoms with Crippen molar-refractivity contribution in [3.05, 3.63) is 53.8 Å². The molecule has 3 rings (SSSR count). The maximum atomic E-state index is 14.0. The van der Waals surface area contributed by atoms with Gasteiger partial charge < -0.3 is 15.0 Å². The highest BCUT2D eigenvalue weighted by Gasteiger charge is 2.23. The van der Waals surface area contributed by atoms with Crippen LogP contribution in [0.15, 0.2) is 42.5 Å². The lowest BCUT2D eigenvalue weighted by atomic mass is 10.0. The predicted molar refractivity (Wildman–Crippen MR) is 98.3 cm³/mol. The normalized spacial score (nSPS) is 15.1. The number of hydrogen-bond acceptors (Lipinski definition) is 4. The number of ketones is 1. The zero-order valence-electron chi connectivity index (χ0n) is 14.6. The van der Waals surface area contributed by atoms with E-state index in [2.05, 4.69) is 10.2 Å². The summed E-state index contributed by atoms with van der Waals surface area (Å²) < 4.78 is 19.3. The Balaban J connectivity index is 1.66. The second kappa shape index (κ2) is 7.55. The Bertz CT molecular complexity index is 755. The second-order valence-electron chi connectivity index (χ2n) is 6.33. The van der Waals surface area contributed by atoms with Crippen LogP contribution in [-0.4, -0.2) is 32.0 Å². The average Bonchev–Trinajstić information content (AvgIpc) is 2.62. The van der Waals surface area contributed by atoms with Crippen molar-refractivity contribution in [3.63, 3.8) is 0 Å². The van der Waals surface area contributed by atoms with E-state index >= 15 is 0 Å². The summed E-state index contributed by atoms with van der Waals surface area (Å²) in [4.78, 5) is 13.9. The van der Waals surface area contributed by atoms with Gasteiger partial charge in [-0.05, 0) is 44.0 Å². The third-order valence-electron chi connectivity index (χ3n) is 4.62. The first-order valence-corrected chi connectivity index (χ1v) is 8.53. The number of methoxy groups -OCH3 is 1. The number of benzene rings is 2. The van der Waals surface area contributed by atoms with Crippen LogP contribution < -0.4 is 15.0 Å².